The number of carbonyl (C=O) groups excluding carboxylic acids is 1. The molecule has 0 aliphatic rings. The third kappa shape index (κ3) is 3.75. The highest BCUT2D eigenvalue weighted by atomic mass is 16.1. The molecule has 2 rings (SSSR count). The van der Waals surface area contributed by atoms with E-state index in [9.17, 15) is 4.79 Å². The summed E-state index contributed by atoms with van der Waals surface area (Å²) >= 11 is 0. The summed E-state index contributed by atoms with van der Waals surface area (Å²) < 4.78 is 1.74. The van der Waals surface area contributed by atoms with Crippen LogP contribution >= 0.6 is 0 Å². The number of hydrogen-bond donors (Lipinski definition) is 1. The minimum Gasteiger partial charge on any atom is -0.322 e. The van der Waals surface area contributed by atoms with E-state index in [1.165, 1.54) is 24.8 Å². The highest BCUT2D eigenvalue weighted by Crippen LogP contribution is 2.16. The van der Waals surface area contributed by atoms with Gasteiger partial charge in [-0.25, -0.2) is 0 Å². The summed E-state index contributed by atoms with van der Waals surface area (Å²) in [4.78, 5) is 12.4. The zero-order chi connectivity index (χ0) is 16.1. The Morgan fingerprint density at radius 2 is 1.86 bits per heavy atom. The number of benzene rings is 1. The molecular formula is C18H25N3O. The molecule has 1 N–H and O–H groups in total. The predicted molar refractivity (Wildman–Crippen MR) is 90.3 cm³/mol. The molecule has 0 aliphatic heterocycles. The number of rotatable bonds is 6. The van der Waals surface area contributed by atoms with E-state index in [-0.39, 0.29) is 5.91 Å². The van der Waals surface area contributed by atoms with Gasteiger partial charge in [-0.1, -0.05) is 31.9 Å². The van der Waals surface area contributed by atoms with Gasteiger partial charge in [0.25, 0.3) is 5.91 Å². The van der Waals surface area contributed by atoms with Crippen LogP contribution in [0.1, 0.15) is 53.5 Å². The van der Waals surface area contributed by atoms with Crippen molar-refractivity contribution >= 4 is 11.6 Å². The lowest BCUT2D eigenvalue weighted by Gasteiger charge is -2.07. The van der Waals surface area contributed by atoms with Gasteiger partial charge in [-0.3, -0.25) is 9.48 Å². The number of amides is 1. The molecule has 0 radical (unpaired) electrons. The van der Waals surface area contributed by atoms with Crippen molar-refractivity contribution < 1.29 is 4.79 Å². The molecular weight excluding hydrogens is 274 g/mol. The molecule has 1 aromatic carbocycles. The molecule has 22 heavy (non-hydrogen) atoms. The molecule has 118 valence electrons. The standard InChI is InChI=1S/C18H25N3O/c1-5-6-7-8-15-9-11-16(12-10-15)19-18(22)17-13(2)20-21(4)14(17)3/h9-12H,5-8H2,1-4H3,(H,19,22). The van der Waals surface area contributed by atoms with Gasteiger partial charge in [0.1, 0.15) is 0 Å². The number of hydrogen-bond acceptors (Lipinski definition) is 2. The summed E-state index contributed by atoms with van der Waals surface area (Å²) in [6, 6.07) is 8.13. The highest BCUT2D eigenvalue weighted by molar-refractivity contribution is 6.05. The molecule has 2 aromatic rings. The maximum absolute atomic E-state index is 12.4. The largest absolute Gasteiger partial charge is 0.322 e. The highest BCUT2D eigenvalue weighted by Gasteiger charge is 2.17. The van der Waals surface area contributed by atoms with Gasteiger partial charge in [0.05, 0.1) is 11.3 Å². The fraction of sp³-hybridized carbons (Fsp3) is 0.444. The number of unbranched alkanes of at least 4 members (excludes halogenated alkanes) is 2. The molecule has 0 saturated heterocycles. The number of anilines is 1. The lowest BCUT2D eigenvalue weighted by molar-refractivity contribution is 0.102. The van der Waals surface area contributed by atoms with Crippen molar-refractivity contribution in [3.63, 3.8) is 0 Å². The molecule has 0 bridgehead atoms. The summed E-state index contributed by atoms with van der Waals surface area (Å²) in [7, 11) is 1.85. The first kappa shape index (κ1) is 16.3. The quantitative estimate of drug-likeness (QED) is 0.819. The zero-order valence-corrected chi connectivity index (χ0v) is 13.9. The van der Waals surface area contributed by atoms with E-state index in [0.717, 1.165) is 23.5 Å². The van der Waals surface area contributed by atoms with E-state index in [1.54, 1.807) is 4.68 Å². The van der Waals surface area contributed by atoms with Crippen LogP contribution in [0.25, 0.3) is 0 Å². The lowest BCUT2D eigenvalue weighted by Crippen LogP contribution is -2.14. The molecule has 1 amide bonds. The van der Waals surface area contributed by atoms with Gasteiger partial charge in [0, 0.05) is 18.4 Å². The number of nitrogens with zero attached hydrogens (tertiary/aromatic N) is 2. The molecule has 4 heteroatoms. The van der Waals surface area contributed by atoms with Crippen molar-refractivity contribution in [2.75, 3.05) is 5.32 Å². The van der Waals surface area contributed by atoms with Crippen LogP contribution in [0.3, 0.4) is 0 Å². The fourth-order valence-corrected chi connectivity index (χ4v) is 2.63. The van der Waals surface area contributed by atoms with Crippen LogP contribution < -0.4 is 5.32 Å². The average molecular weight is 299 g/mol. The van der Waals surface area contributed by atoms with Crippen molar-refractivity contribution in [3.8, 4) is 0 Å². The van der Waals surface area contributed by atoms with E-state index in [2.05, 4.69) is 29.5 Å². The van der Waals surface area contributed by atoms with Gasteiger partial charge in [0.15, 0.2) is 0 Å². The van der Waals surface area contributed by atoms with Crippen LogP contribution in [0.5, 0.6) is 0 Å². The smallest absolute Gasteiger partial charge is 0.259 e. The maximum Gasteiger partial charge on any atom is 0.259 e. The molecule has 0 atom stereocenters. The average Bonchev–Trinajstić information content (AvgIpc) is 2.74. The monoisotopic (exact) mass is 299 g/mol. The van der Waals surface area contributed by atoms with Gasteiger partial charge in [-0.05, 0) is 44.4 Å². The van der Waals surface area contributed by atoms with Crippen molar-refractivity contribution in [1.29, 1.82) is 0 Å². The van der Waals surface area contributed by atoms with E-state index in [4.69, 9.17) is 0 Å². The summed E-state index contributed by atoms with van der Waals surface area (Å²) in [5.74, 6) is -0.0955. The Morgan fingerprint density at radius 3 is 2.41 bits per heavy atom. The van der Waals surface area contributed by atoms with Crippen LogP contribution in [0, 0.1) is 13.8 Å². The van der Waals surface area contributed by atoms with Crippen molar-refractivity contribution in [1.82, 2.24) is 9.78 Å². The van der Waals surface area contributed by atoms with Gasteiger partial charge < -0.3 is 5.32 Å². The van der Waals surface area contributed by atoms with E-state index in [0.29, 0.717) is 5.56 Å². The van der Waals surface area contributed by atoms with Gasteiger partial charge in [-0.15, -0.1) is 0 Å². The van der Waals surface area contributed by atoms with Crippen LogP contribution in [-0.2, 0) is 13.5 Å². The Labute approximate surface area is 132 Å². The Hall–Kier alpha value is -2.10. The first-order valence-corrected chi connectivity index (χ1v) is 7.93. The Bertz CT molecular complexity index is 641. The zero-order valence-electron chi connectivity index (χ0n) is 13.9. The summed E-state index contributed by atoms with van der Waals surface area (Å²) in [5.41, 5.74) is 4.45. The van der Waals surface area contributed by atoms with Crippen molar-refractivity contribution in [3.05, 3.63) is 46.8 Å². The molecule has 4 nitrogen and oxygen atoms in total. The normalized spacial score (nSPS) is 10.7. The molecule has 1 heterocycles. The van der Waals surface area contributed by atoms with Gasteiger partial charge >= 0.3 is 0 Å². The van der Waals surface area contributed by atoms with Crippen molar-refractivity contribution in [2.24, 2.45) is 7.05 Å². The topological polar surface area (TPSA) is 46.9 Å². The first-order chi connectivity index (χ1) is 10.5. The van der Waals surface area contributed by atoms with Gasteiger partial charge in [0.2, 0.25) is 0 Å². The Kier molecular flexibility index (Phi) is 5.36. The minimum absolute atomic E-state index is 0.0955. The molecule has 0 unspecified atom stereocenters. The summed E-state index contributed by atoms with van der Waals surface area (Å²) in [5, 5.41) is 7.24. The lowest BCUT2D eigenvalue weighted by atomic mass is 10.1. The van der Waals surface area contributed by atoms with E-state index in [1.807, 2.05) is 33.0 Å². The van der Waals surface area contributed by atoms with Crippen LogP contribution in [0.4, 0.5) is 5.69 Å². The Morgan fingerprint density at radius 1 is 1.18 bits per heavy atom. The van der Waals surface area contributed by atoms with Crippen LogP contribution in [-0.4, -0.2) is 15.7 Å². The maximum atomic E-state index is 12.4. The van der Waals surface area contributed by atoms with E-state index >= 15 is 0 Å². The molecule has 0 spiro atoms. The summed E-state index contributed by atoms with van der Waals surface area (Å²) in [6.07, 6.45) is 4.81. The fourth-order valence-electron chi connectivity index (χ4n) is 2.63. The SMILES string of the molecule is CCCCCc1ccc(NC(=O)c2c(C)nn(C)c2C)cc1. The first-order valence-electron chi connectivity index (χ1n) is 7.93. The third-order valence-corrected chi connectivity index (χ3v) is 4.02. The second kappa shape index (κ2) is 7.25. The van der Waals surface area contributed by atoms with E-state index < -0.39 is 0 Å². The van der Waals surface area contributed by atoms with Crippen molar-refractivity contribution in [2.45, 2.75) is 46.5 Å². The molecule has 1 aromatic heterocycles. The van der Waals surface area contributed by atoms with Gasteiger partial charge in [-0.2, -0.15) is 5.10 Å². The molecule has 0 saturated carbocycles. The minimum atomic E-state index is -0.0955. The summed E-state index contributed by atoms with van der Waals surface area (Å²) in [6.45, 7) is 5.98. The van der Waals surface area contributed by atoms with Crippen LogP contribution in [0.2, 0.25) is 0 Å². The number of aromatic nitrogens is 2. The van der Waals surface area contributed by atoms with Crippen LogP contribution in [0.15, 0.2) is 24.3 Å². The second-order valence-electron chi connectivity index (χ2n) is 5.78. The number of aryl methyl sites for hydroxylation is 3. The third-order valence-electron chi connectivity index (χ3n) is 4.02. The Balaban J connectivity index is 2.02. The molecule has 0 fully saturated rings. The predicted octanol–water partition coefficient (Wildman–Crippen LogP) is 4.02. The molecule has 0 aliphatic carbocycles. The number of carbonyl (C=O) groups is 1. The number of nitrogens with one attached hydrogen (secondary N) is 1. The second-order valence-corrected chi connectivity index (χ2v) is 5.78.